The molecule has 0 bridgehead atoms. The topological polar surface area (TPSA) is 50.9 Å². The van der Waals surface area contributed by atoms with Crippen LogP contribution in [0.4, 0.5) is 0 Å². The summed E-state index contributed by atoms with van der Waals surface area (Å²) in [5.41, 5.74) is 7.35. The number of benzene rings is 5. The molecule has 200 valence electrons. The number of aromatic nitrogens is 3. The molecule has 7 rings (SSSR count). The average Bonchev–Trinajstić information content (AvgIpc) is 3.42. The van der Waals surface area contributed by atoms with Gasteiger partial charge in [-0.1, -0.05) is 90.0 Å². The maximum Gasteiger partial charge on any atom is 0.148 e. The van der Waals surface area contributed by atoms with Gasteiger partial charge in [0.2, 0.25) is 0 Å². The Bertz CT molecular complexity index is 2080. The second-order valence-corrected chi connectivity index (χ2v) is 9.39. The fourth-order valence-corrected chi connectivity index (χ4v) is 5.01. The third-order valence-corrected chi connectivity index (χ3v) is 6.89. The molecule has 0 aliphatic heterocycles. The van der Waals surface area contributed by atoms with Crippen LogP contribution < -0.4 is 0 Å². The summed E-state index contributed by atoms with van der Waals surface area (Å²) in [4.78, 5) is 9.57. The molecule has 5 heteroatoms. The Kier molecular flexibility index (Phi) is 6.66. The van der Waals surface area contributed by atoms with Gasteiger partial charge >= 0.3 is 0 Å². The van der Waals surface area contributed by atoms with Crippen LogP contribution in [0.2, 0.25) is 0 Å². The molecule has 4 nitrogen and oxygen atoms in total. The first-order valence-electron chi connectivity index (χ1n) is 14.0. The van der Waals surface area contributed by atoms with E-state index in [1.54, 1.807) is 12.1 Å². The van der Waals surface area contributed by atoms with Crippen LogP contribution in [0, 0.1) is 6.07 Å². The number of fused-ring (bicyclic) bond motifs is 1. The molecule has 0 fully saturated rings. The van der Waals surface area contributed by atoms with E-state index in [2.05, 4.69) is 15.6 Å². The third-order valence-electron chi connectivity index (χ3n) is 6.89. The van der Waals surface area contributed by atoms with E-state index < -0.39 is 0 Å². The van der Waals surface area contributed by atoms with Gasteiger partial charge in [-0.3, -0.25) is 9.55 Å². The van der Waals surface area contributed by atoms with Crippen molar-refractivity contribution in [1.82, 2.24) is 14.5 Å². The molecule has 0 aliphatic carbocycles. The molecule has 41 heavy (non-hydrogen) atoms. The molecule has 0 saturated heterocycles. The number of hydrogen-bond acceptors (Lipinski definition) is 3. The second-order valence-electron chi connectivity index (χ2n) is 9.39. The van der Waals surface area contributed by atoms with Crippen LogP contribution in [0.3, 0.4) is 0 Å². The minimum Gasteiger partial charge on any atom is -0.507 e. The van der Waals surface area contributed by atoms with Crippen LogP contribution in [0.15, 0.2) is 140 Å². The molecule has 1 N–H and O–H groups in total. The van der Waals surface area contributed by atoms with Gasteiger partial charge in [-0.25, -0.2) is 4.98 Å². The van der Waals surface area contributed by atoms with Crippen molar-refractivity contribution in [1.29, 1.82) is 0 Å². The van der Waals surface area contributed by atoms with Crippen molar-refractivity contribution in [3.8, 4) is 56.3 Å². The van der Waals surface area contributed by atoms with Gasteiger partial charge in [-0.15, -0.1) is 29.8 Å². The van der Waals surface area contributed by atoms with Crippen LogP contribution in [0.1, 0.15) is 2.74 Å². The molecular weight excluding hydrogens is 685 g/mol. The molecule has 0 unspecified atom stereocenters. The van der Waals surface area contributed by atoms with Gasteiger partial charge in [-0.2, -0.15) is 0 Å². The Hall–Kier alpha value is -4.79. The Morgan fingerprint density at radius 2 is 1.37 bits per heavy atom. The summed E-state index contributed by atoms with van der Waals surface area (Å²) in [5, 5.41) is 10.8. The zero-order valence-electron chi connectivity index (χ0n) is 23.7. The van der Waals surface area contributed by atoms with Gasteiger partial charge < -0.3 is 5.11 Å². The van der Waals surface area contributed by atoms with Crippen molar-refractivity contribution in [3.63, 3.8) is 0 Å². The average molecular weight is 712 g/mol. The van der Waals surface area contributed by atoms with Gasteiger partial charge in [0.1, 0.15) is 11.6 Å². The predicted molar refractivity (Wildman–Crippen MR) is 161 cm³/mol. The standard InChI is InChI=1S/C36H24N3O.Pt/c40-34-20-8-7-17-31(34)36-38-35-30(18-10-19-33(35)39(36)29-15-5-2-6-16-29)27-13-9-14-28(23-27)32-24-26(21-22-37-32)25-11-3-1-4-12-25;/h1-22,24,40H;/q-1;/i21D,24D;. The number of phenolic OH excluding ortho intramolecular Hbond substituents is 1. The number of para-hydroxylation sites is 3. The number of phenols is 1. The zero-order chi connectivity index (χ0) is 28.6. The first-order chi connectivity index (χ1) is 20.6. The van der Waals surface area contributed by atoms with E-state index in [0.29, 0.717) is 28.2 Å². The van der Waals surface area contributed by atoms with E-state index >= 15 is 0 Å². The molecule has 0 spiro atoms. The van der Waals surface area contributed by atoms with Crippen LogP contribution in [-0.2, 0) is 21.1 Å². The van der Waals surface area contributed by atoms with Crippen molar-refractivity contribution in [2.75, 3.05) is 0 Å². The molecule has 0 saturated carbocycles. The first-order valence-corrected chi connectivity index (χ1v) is 13.0. The van der Waals surface area contributed by atoms with Crippen molar-refractivity contribution >= 4 is 11.0 Å². The summed E-state index contributed by atoms with van der Waals surface area (Å²) in [5.74, 6) is 0.785. The van der Waals surface area contributed by atoms with Gasteiger partial charge in [0.05, 0.1) is 19.3 Å². The van der Waals surface area contributed by atoms with Crippen LogP contribution in [0.25, 0.3) is 61.6 Å². The second kappa shape index (κ2) is 11.4. The molecule has 0 aliphatic rings. The van der Waals surface area contributed by atoms with E-state index in [0.717, 1.165) is 33.4 Å². The van der Waals surface area contributed by atoms with E-state index in [-0.39, 0.29) is 38.9 Å². The maximum atomic E-state index is 10.8. The molecule has 0 atom stereocenters. The van der Waals surface area contributed by atoms with E-state index in [1.807, 2.05) is 109 Å². The molecule has 2 heterocycles. The Balaban J connectivity index is 0.00000329. The number of aromatic hydroxyl groups is 1. The minimum atomic E-state index is 0. The van der Waals surface area contributed by atoms with Crippen molar-refractivity contribution < 1.29 is 28.9 Å². The van der Waals surface area contributed by atoms with Crippen LogP contribution in [0.5, 0.6) is 5.75 Å². The fourth-order valence-electron chi connectivity index (χ4n) is 5.01. The molecule has 7 aromatic rings. The monoisotopic (exact) mass is 711 g/mol. The summed E-state index contributed by atoms with van der Waals surface area (Å²) < 4.78 is 19.5. The summed E-state index contributed by atoms with van der Waals surface area (Å²) in [6.07, 6.45) is 1.50. The van der Waals surface area contributed by atoms with Crippen molar-refractivity contribution in [3.05, 3.63) is 146 Å². The van der Waals surface area contributed by atoms with Crippen molar-refractivity contribution in [2.24, 2.45) is 0 Å². The molecule has 2 aromatic heterocycles. The van der Waals surface area contributed by atoms with Gasteiger partial charge in [0.25, 0.3) is 0 Å². The van der Waals surface area contributed by atoms with Crippen LogP contribution >= 0.6 is 0 Å². The Morgan fingerprint density at radius 1 is 0.683 bits per heavy atom. The summed E-state index contributed by atoms with van der Waals surface area (Å²) in [7, 11) is 0. The Morgan fingerprint density at radius 3 is 2.17 bits per heavy atom. The van der Waals surface area contributed by atoms with Gasteiger partial charge in [-0.05, 0) is 47.5 Å². The Labute approximate surface area is 255 Å². The third kappa shape index (κ3) is 4.99. The summed E-state index contributed by atoms with van der Waals surface area (Å²) in [6, 6.07) is 42.4. The summed E-state index contributed by atoms with van der Waals surface area (Å²) in [6.45, 7) is 0. The predicted octanol–water partition coefficient (Wildman–Crippen LogP) is 8.59. The molecule has 0 amide bonds. The largest absolute Gasteiger partial charge is 0.507 e. The SMILES string of the molecule is [2H]c1cnc(-c2[c-]c(-c3cccc4c3nc(-c3ccccc3O)n4-c3ccccc3)ccc2)c([2H])c1-c1ccccc1.[Pt]. The molecule has 0 radical (unpaired) electrons. The van der Waals surface area contributed by atoms with Gasteiger partial charge in [0.15, 0.2) is 0 Å². The zero-order valence-corrected chi connectivity index (χ0v) is 24.0. The van der Waals surface area contributed by atoms with E-state index in [9.17, 15) is 5.11 Å². The molecule has 5 aromatic carbocycles. The smallest absolute Gasteiger partial charge is 0.148 e. The number of imidazole rings is 1. The van der Waals surface area contributed by atoms with Crippen LogP contribution in [-0.4, -0.2) is 19.6 Å². The number of pyridine rings is 1. The van der Waals surface area contributed by atoms with E-state index in [4.69, 9.17) is 7.73 Å². The maximum absolute atomic E-state index is 10.8. The van der Waals surface area contributed by atoms with E-state index in [1.165, 1.54) is 6.20 Å². The normalized spacial score (nSPS) is 11.5. The summed E-state index contributed by atoms with van der Waals surface area (Å²) >= 11 is 0. The van der Waals surface area contributed by atoms with Gasteiger partial charge in [0, 0.05) is 38.6 Å². The quantitative estimate of drug-likeness (QED) is 0.182. The van der Waals surface area contributed by atoms with Crippen molar-refractivity contribution in [2.45, 2.75) is 0 Å². The number of rotatable bonds is 5. The first kappa shape index (κ1) is 24.0. The molecular formula is C36H24N3OPt-. The number of nitrogens with zero attached hydrogens (tertiary/aromatic N) is 3. The fraction of sp³-hybridized carbons (Fsp3) is 0. The minimum absolute atomic E-state index is 0. The number of hydrogen-bond donors (Lipinski definition) is 1.